The Hall–Kier alpha value is -1.80. The third kappa shape index (κ3) is 4.64. The van der Waals surface area contributed by atoms with Gasteiger partial charge < -0.3 is 14.4 Å². The molecule has 0 spiro atoms. The Morgan fingerprint density at radius 3 is 2.20 bits per heavy atom. The highest BCUT2D eigenvalue weighted by Crippen LogP contribution is 2.25. The van der Waals surface area contributed by atoms with Crippen LogP contribution in [0.2, 0.25) is 0 Å². The fourth-order valence-electron chi connectivity index (χ4n) is 2.61. The van der Waals surface area contributed by atoms with E-state index in [1.54, 1.807) is 53.0 Å². The summed E-state index contributed by atoms with van der Waals surface area (Å²) in [4.78, 5) is 13.9. The monoisotopic (exact) mass is 370 g/mol. The number of amides is 1. The normalized spacial score (nSPS) is 16.6. The van der Waals surface area contributed by atoms with Gasteiger partial charge in [-0.3, -0.25) is 0 Å². The highest BCUT2D eigenvalue weighted by Gasteiger charge is 2.32. The van der Waals surface area contributed by atoms with E-state index in [4.69, 9.17) is 9.47 Å². The molecule has 1 aromatic carbocycles. The Labute approximate surface area is 149 Å². The van der Waals surface area contributed by atoms with Crippen LogP contribution in [-0.4, -0.2) is 62.6 Å². The van der Waals surface area contributed by atoms with Gasteiger partial charge in [-0.05, 0) is 51.5 Å². The summed E-state index contributed by atoms with van der Waals surface area (Å²) in [6, 6.07) is 4.89. The van der Waals surface area contributed by atoms with Crippen molar-refractivity contribution in [2.24, 2.45) is 0 Å². The first-order chi connectivity index (χ1) is 11.5. The van der Waals surface area contributed by atoms with Gasteiger partial charge in [0.2, 0.25) is 10.0 Å². The Bertz CT molecular complexity index is 732. The molecule has 2 rings (SSSR count). The molecule has 1 aromatic rings. The fraction of sp³-hybridized carbons (Fsp3) is 0.588. The van der Waals surface area contributed by atoms with Gasteiger partial charge >= 0.3 is 6.09 Å². The number of carbonyl (C=O) groups excluding carboxylic acids is 1. The number of sulfonamides is 1. The number of nitrogens with zero attached hydrogens (tertiary/aromatic N) is 2. The van der Waals surface area contributed by atoms with E-state index in [0.717, 1.165) is 0 Å². The van der Waals surface area contributed by atoms with Gasteiger partial charge in [-0.1, -0.05) is 0 Å². The maximum Gasteiger partial charge on any atom is 0.410 e. The SMILES string of the molecule is COc1ccc(S(=O)(=O)N2CCN(C(=O)OC(C)(C)C)CC2)c(C)c1. The van der Waals surface area contributed by atoms with Gasteiger partial charge in [0, 0.05) is 26.2 Å². The molecule has 25 heavy (non-hydrogen) atoms. The van der Waals surface area contributed by atoms with Crippen LogP contribution in [0.1, 0.15) is 26.3 Å². The summed E-state index contributed by atoms with van der Waals surface area (Å²) in [7, 11) is -2.06. The molecule has 0 N–H and O–H groups in total. The zero-order valence-electron chi connectivity index (χ0n) is 15.4. The van der Waals surface area contributed by atoms with E-state index in [0.29, 0.717) is 24.4 Å². The Kier molecular flexibility index (Phi) is 5.63. The maximum atomic E-state index is 12.9. The number of carbonyl (C=O) groups is 1. The largest absolute Gasteiger partial charge is 0.497 e. The number of methoxy groups -OCH3 is 1. The van der Waals surface area contributed by atoms with E-state index in [1.165, 1.54) is 9.21 Å². The number of hydrogen-bond donors (Lipinski definition) is 0. The van der Waals surface area contributed by atoms with Crippen molar-refractivity contribution >= 4 is 16.1 Å². The van der Waals surface area contributed by atoms with Crippen LogP contribution in [0.15, 0.2) is 23.1 Å². The van der Waals surface area contributed by atoms with Gasteiger partial charge in [0.1, 0.15) is 11.4 Å². The van der Waals surface area contributed by atoms with Crippen LogP contribution in [0.4, 0.5) is 4.79 Å². The third-order valence-corrected chi connectivity index (χ3v) is 5.95. The first kappa shape index (κ1) is 19.5. The summed E-state index contributed by atoms with van der Waals surface area (Å²) in [5, 5.41) is 0. The highest BCUT2D eigenvalue weighted by molar-refractivity contribution is 7.89. The van der Waals surface area contributed by atoms with Crippen LogP contribution < -0.4 is 4.74 Å². The number of benzene rings is 1. The van der Waals surface area contributed by atoms with Crippen molar-refractivity contribution in [3.05, 3.63) is 23.8 Å². The van der Waals surface area contributed by atoms with E-state index in [9.17, 15) is 13.2 Å². The Morgan fingerprint density at radius 2 is 1.72 bits per heavy atom. The predicted octanol–water partition coefficient (Wildman–Crippen LogP) is 2.25. The quantitative estimate of drug-likeness (QED) is 0.816. The van der Waals surface area contributed by atoms with E-state index in [-0.39, 0.29) is 18.0 Å². The summed E-state index contributed by atoms with van der Waals surface area (Å²) >= 11 is 0. The Morgan fingerprint density at radius 1 is 1.12 bits per heavy atom. The van der Waals surface area contributed by atoms with Crippen molar-refractivity contribution in [1.29, 1.82) is 0 Å². The van der Waals surface area contributed by atoms with Crippen molar-refractivity contribution in [2.45, 2.75) is 38.2 Å². The molecule has 1 aliphatic rings. The average molecular weight is 370 g/mol. The second-order valence-electron chi connectivity index (χ2n) is 7.00. The summed E-state index contributed by atoms with van der Waals surface area (Å²) in [6.45, 7) is 8.26. The molecular formula is C17H26N2O5S. The predicted molar refractivity (Wildman–Crippen MR) is 94.3 cm³/mol. The van der Waals surface area contributed by atoms with E-state index in [2.05, 4.69) is 0 Å². The molecule has 0 aliphatic carbocycles. The van der Waals surface area contributed by atoms with Gasteiger partial charge in [-0.15, -0.1) is 0 Å². The summed E-state index contributed by atoms with van der Waals surface area (Å²) in [5.41, 5.74) is 0.0643. The molecule has 140 valence electrons. The molecule has 1 heterocycles. The highest BCUT2D eigenvalue weighted by atomic mass is 32.2. The van der Waals surface area contributed by atoms with Crippen molar-refractivity contribution in [3.8, 4) is 5.75 Å². The minimum Gasteiger partial charge on any atom is -0.497 e. The summed E-state index contributed by atoms with van der Waals surface area (Å²) < 4.78 is 37.6. The molecule has 0 atom stereocenters. The van der Waals surface area contributed by atoms with Crippen LogP contribution in [0.25, 0.3) is 0 Å². The summed E-state index contributed by atoms with van der Waals surface area (Å²) in [6.07, 6.45) is -0.412. The molecular weight excluding hydrogens is 344 g/mol. The first-order valence-corrected chi connectivity index (χ1v) is 9.61. The smallest absolute Gasteiger partial charge is 0.410 e. The number of piperazine rings is 1. The molecule has 0 unspecified atom stereocenters. The maximum absolute atomic E-state index is 12.9. The number of aryl methyl sites for hydroxylation is 1. The van der Waals surface area contributed by atoms with E-state index >= 15 is 0 Å². The molecule has 1 saturated heterocycles. The van der Waals surface area contributed by atoms with E-state index < -0.39 is 21.7 Å². The Balaban J connectivity index is 2.08. The lowest BCUT2D eigenvalue weighted by molar-refractivity contribution is 0.0192. The van der Waals surface area contributed by atoms with Crippen LogP contribution in [-0.2, 0) is 14.8 Å². The van der Waals surface area contributed by atoms with Gasteiger partial charge in [0.25, 0.3) is 0 Å². The molecule has 7 nitrogen and oxygen atoms in total. The number of ether oxygens (including phenoxy) is 2. The van der Waals surface area contributed by atoms with Crippen LogP contribution >= 0.6 is 0 Å². The molecule has 0 aromatic heterocycles. The zero-order chi connectivity index (χ0) is 18.8. The fourth-order valence-corrected chi connectivity index (χ4v) is 4.24. The first-order valence-electron chi connectivity index (χ1n) is 8.17. The zero-order valence-corrected chi connectivity index (χ0v) is 16.2. The third-order valence-electron chi connectivity index (χ3n) is 3.89. The molecule has 1 aliphatic heterocycles. The minimum atomic E-state index is -3.60. The number of rotatable bonds is 3. The molecule has 1 amide bonds. The van der Waals surface area contributed by atoms with Gasteiger partial charge in [0.05, 0.1) is 12.0 Å². The lowest BCUT2D eigenvalue weighted by Crippen LogP contribution is -2.51. The molecule has 1 fully saturated rings. The number of hydrogen-bond acceptors (Lipinski definition) is 5. The minimum absolute atomic E-state index is 0.243. The van der Waals surface area contributed by atoms with Crippen LogP contribution in [0, 0.1) is 6.92 Å². The molecule has 8 heteroatoms. The second-order valence-corrected chi connectivity index (χ2v) is 8.91. The lowest BCUT2D eigenvalue weighted by Gasteiger charge is -2.35. The standard InChI is InChI=1S/C17H26N2O5S/c1-13-12-14(23-5)6-7-15(13)25(21,22)19-10-8-18(9-11-19)16(20)24-17(2,3)4/h6-7,12H,8-11H2,1-5H3. The van der Waals surface area contributed by atoms with Gasteiger partial charge in [-0.25, -0.2) is 13.2 Å². The average Bonchev–Trinajstić information content (AvgIpc) is 2.53. The van der Waals surface area contributed by atoms with Crippen molar-refractivity contribution in [3.63, 3.8) is 0 Å². The molecule has 0 bridgehead atoms. The van der Waals surface area contributed by atoms with Crippen molar-refractivity contribution < 1.29 is 22.7 Å². The van der Waals surface area contributed by atoms with Crippen LogP contribution in [0.3, 0.4) is 0 Å². The lowest BCUT2D eigenvalue weighted by atomic mass is 10.2. The van der Waals surface area contributed by atoms with Crippen molar-refractivity contribution in [2.75, 3.05) is 33.3 Å². The van der Waals surface area contributed by atoms with Gasteiger partial charge in [0.15, 0.2) is 0 Å². The second kappa shape index (κ2) is 7.21. The van der Waals surface area contributed by atoms with Gasteiger partial charge in [-0.2, -0.15) is 4.31 Å². The molecule has 0 radical (unpaired) electrons. The van der Waals surface area contributed by atoms with Crippen molar-refractivity contribution in [1.82, 2.24) is 9.21 Å². The topological polar surface area (TPSA) is 76.2 Å². The van der Waals surface area contributed by atoms with Crippen LogP contribution in [0.5, 0.6) is 5.75 Å². The summed E-state index contributed by atoms with van der Waals surface area (Å²) in [5.74, 6) is 0.617. The van der Waals surface area contributed by atoms with E-state index in [1.807, 2.05) is 0 Å². The molecule has 0 saturated carbocycles.